The summed E-state index contributed by atoms with van der Waals surface area (Å²) in [5.74, 6) is 0.989. The minimum absolute atomic E-state index is 0.0703. The Morgan fingerprint density at radius 3 is 2.82 bits per heavy atom. The summed E-state index contributed by atoms with van der Waals surface area (Å²) in [6.45, 7) is 0.667. The first kappa shape index (κ1) is 7.14. The quantitative estimate of drug-likeness (QED) is 0.497. The van der Waals surface area contributed by atoms with Gasteiger partial charge in [0.05, 0.1) is 12.5 Å². The molecule has 0 amide bonds. The summed E-state index contributed by atoms with van der Waals surface area (Å²) >= 11 is 0. The van der Waals surface area contributed by atoms with Crippen molar-refractivity contribution in [3.05, 3.63) is 0 Å². The van der Waals surface area contributed by atoms with E-state index in [4.69, 9.17) is 4.74 Å². The van der Waals surface area contributed by atoms with Crippen molar-refractivity contribution < 1.29 is 9.53 Å². The van der Waals surface area contributed by atoms with Crippen molar-refractivity contribution in [2.75, 3.05) is 6.61 Å². The van der Waals surface area contributed by atoms with Crippen LogP contribution in [-0.4, -0.2) is 12.6 Å². The lowest BCUT2D eigenvalue weighted by atomic mass is 9.76. The molecule has 2 nitrogen and oxygen atoms in total. The Labute approximate surface area is 66.9 Å². The van der Waals surface area contributed by atoms with E-state index >= 15 is 0 Å². The summed E-state index contributed by atoms with van der Waals surface area (Å²) in [4.78, 5) is 11.2. The first-order chi connectivity index (χ1) is 5.38. The van der Waals surface area contributed by atoms with E-state index in [1.807, 2.05) is 0 Å². The first-order valence-corrected chi connectivity index (χ1v) is 4.54. The lowest BCUT2D eigenvalue weighted by Gasteiger charge is -2.33. The van der Waals surface area contributed by atoms with Gasteiger partial charge in [0.1, 0.15) is 0 Å². The highest BCUT2D eigenvalue weighted by Gasteiger charge is 2.34. The van der Waals surface area contributed by atoms with Gasteiger partial charge >= 0.3 is 5.97 Å². The number of cyclic esters (lactones) is 1. The van der Waals surface area contributed by atoms with Crippen molar-refractivity contribution in [1.82, 2.24) is 0 Å². The van der Waals surface area contributed by atoms with Crippen molar-refractivity contribution in [3.8, 4) is 0 Å². The van der Waals surface area contributed by atoms with Crippen LogP contribution in [0.5, 0.6) is 0 Å². The molecule has 0 radical (unpaired) electrons. The second kappa shape index (κ2) is 2.84. The van der Waals surface area contributed by atoms with Crippen LogP contribution in [0, 0.1) is 11.8 Å². The van der Waals surface area contributed by atoms with Crippen LogP contribution in [-0.2, 0) is 9.53 Å². The minimum atomic E-state index is 0.0703. The fourth-order valence-corrected chi connectivity index (χ4v) is 2.28. The fraction of sp³-hybridized carbons (Fsp3) is 0.889. The molecule has 1 heterocycles. The van der Waals surface area contributed by atoms with Crippen molar-refractivity contribution in [2.45, 2.75) is 32.1 Å². The van der Waals surface area contributed by atoms with E-state index in [0.29, 0.717) is 12.5 Å². The van der Waals surface area contributed by atoms with Gasteiger partial charge in [-0.1, -0.05) is 12.8 Å². The normalized spacial score (nSPS) is 37.6. The van der Waals surface area contributed by atoms with E-state index < -0.39 is 0 Å². The van der Waals surface area contributed by atoms with Crippen LogP contribution < -0.4 is 0 Å². The molecule has 0 N–H and O–H groups in total. The average Bonchev–Trinajstić information content (AvgIpc) is 2.06. The lowest BCUT2D eigenvalue weighted by molar-refractivity contribution is -0.158. The van der Waals surface area contributed by atoms with Gasteiger partial charge in [0.2, 0.25) is 0 Å². The van der Waals surface area contributed by atoms with E-state index in [-0.39, 0.29) is 11.9 Å². The second-order valence-corrected chi connectivity index (χ2v) is 3.61. The molecule has 0 bridgehead atoms. The monoisotopic (exact) mass is 154 g/mol. The molecule has 2 fully saturated rings. The topological polar surface area (TPSA) is 26.3 Å². The third kappa shape index (κ3) is 1.26. The van der Waals surface area contributed by atoms with Crippen molar-refractivity contribution in [3.63, 3.8) is 0 Å². The molecule has 0 aromatic rings. The maximum Gasteiger partial charge on any atom is 0.309 e. The number of rotatable bonds is 0. The molecule has 0 aromatic heterocycles. The number of hydrogen-bond acceptors (Lipinski definition) is 2. The largest absolute Gasteiger partial charge is 0.465 e. The summed E-state index contributed by atoms with van der Waals surface area (Å²) < 4.78 is 5.01. The van der Waals surface area contributed by atoms with Crippen molar-refractivity contribution in [2.24, 2.45) is 11.8 Å². The minimum Gasteiger partial charge on any atom is -0.465 e. The van der Waals surface area contributed by atoms with Gasteiger partial charge in [-0.15, -0.1) is 0 Å². The summed E-state index contributed by atoms with van der Waals surface area (Å²) in [5, 5.41) is 0. The number of fused-ring (bicyclic) bond motifs is 1. The molecule has 2 aliphatic rings. The van der Waals surface area contributed by atoms with Gasteiger partial charge in [-0.25, -0.2) is 0 Å². The van der Waals surface area contributed by atoms with Crippen LogP contribution in [0.3, 0.4) is 0 Å². The molecule has 0 unspecified atom stereocenters. The Hall–Kier alpha value is -0.530. The van der Waals surface area contributed by atoms with Crippen molar-refractivity contribution in [1.29, 1.82) is 0 Å². The van der Waals surface area contributed by atoms with Crippen LogP contribution >= 0.6 is 0 Å². The molecule has 1 aliphatic carbocycles. The van der Waals surface area contributed by atoms with Crippen LogP contribution in [0.1, 0.15) is 32.1 Å². The number of carbonyl (C=O) groups excluding carboxylic acids is 1. The number of ether oxygens (including phenoxy) is 1. The predicted octanol–water partition coefficient (Wildman–Crippen LogP) is 1.74. The van der Waals surface area contributed by atoms with Gasteiger partial charge in [-0.3, -0.25) is 4.79 Å². The smallest absolute Gasteiger partial charge is 0.309 e. The van der Waals surface area contributed by atoms with E-state index in [1.54, 1.807) is 0 Å². The van der Waals surface area contributed by atoms with Crippen molar-refractivity contribution >= 4 is 5.97 Å². The Morgan fingerprint density at radius 1 is 1.18 bits per heavy atom. The Kier molecular flexibility index (Phi) is 1.84. The van der Waals surface area contributed by atoms with Crippen LogP contribution in [0.15, 0.2) is 0 Å². The summed E-state index contributed by atoms with van der Waals surface area (Å²) in [7, 11) is 0. The zero-order chi connectivity index (χ0) is 7.68. The third-order valence-corrected chi connectivity index (χ3v) is 2.94. The van der Waals surface area contributed by atoms with Gasteiger partial charge in [0, 0.05) is 0 Å². The Balaban J connectivity index is 2.05. The zero-order valence-corrected chi connectivity index (χ0v) is 6.71. The predicted molar refractivity (Wildman–Crippen MR) is 41.0 cm³/mol. The molecule has 11 heavy (non-hydrogen) atoms. The number of hydrogen-bond donors (Lipinski definition) is 0. The van der Waals surface area contributed by atoms with Gasteiger partial charge in [0.15, 0.2) is 0 Å². The number of carbonyl (C=O) groups is 1. The van der Waals surface area contributed by atoms with Gasteiger partial charge < -0.3 is 4.74 Å². The standard InChI is InChI=1S/C9H14O2/c10-9-8-4-2-1-3-7(8)5-6-11-9/h7-8H,1-6H2/t7-,8-/m0/s1. The molecule has 1 aliphatic heterocycles. The summed E-state index contributed by atoms with van der Waals surface area (Å²) in [6.07, 6.45) is 5.96. The second-order valence-electron chi connectivity index (χ2n) is 3.61. The zero-order valence-electron chi connectivity index (χ0n) is 6.71. The summed E-state index contributed by atoms with van der Waals surface area (Å²) in [6, 6.07) is 0. The third-order valence-electron chi connectivity index (χ3n) is 2.94. The molecule has 62 valence electrons. The highest BCUT2D eigenvalue weighted by atomic mass is 16.5. The van der Waals surface area contributed by atoms with E-state index in [1.165, 1.54) is 19.3 Å². The van der Waals surface area contributed by atoms with E-state index in [9.17, 15) is 4.79 Å². The van der Waals surface area contributed by atoms with Gasteiger partial charge in [-0.05, 0) is 25.2 Å². The van der Waals surface area contributed by atoms with Crippen LogP contribution in [0.2, 0.25) is 0 Å². The molecule has 2 heteroatoms. The molecule has 2 atom stereocenters. The number of esters is 1. The molecular formula is C9H14O2. The molecule has 1 saturated heterocycles. The van der Waals surface area contributed by atoms with Gasteiger partial charge in [-0.2, -0.15) is 0 Å². The highest BCUT2D eigenvalue weighted by molar-refractivity contribution is 5.73. The molecule has 2 rings (SSSR count). The fourth-order valence-electron chi connectivity index (χ4n) is 2.28. The Morgan fingerprint density at radius 2 is 2.00 bits per heavy atom. The van der Waals surface area contributed by atoms with Crippen LogP contribution in [0.4, 0.5) is 0 Å². The SMILES string of the molecule is O=C1OCC[C@@H]2CCCC[C@H]12. The summed E-state index contributed by atoms with van der Waals surface area (Å²) in [5.41, 5.74) is 0. The van der Waals surface area contributed by atoms with Crippen LogP contribution in [0.25, 0.3) is 0 Å². The highest BCUT2D eigenvalue weighted by Crippen LogP contribution is 2.35. The maximum atomic E-state index is 11.2. The molecule has 0 spiro atoms. The van der Waals surface area contributed by atoms with Gasteiger partial charge in [0.25, 0.3) is 0 Å². The lowest BCUT2D eigenvalue weighted by Crippen LogP contribution is -2.34. The Bertz CT molecular complexity index is 163. The van der Waals surface area contributed by atoms with E-state index in [2.05, 4.69) is 0 Å². The maximum absolute atomic E-state index is 11.2. The van der Waals surface area contributed by atoms with E-state index in [0.717, 1.165) is 12.8 Å². The molecule has 0 aromatic carbocycles. The average molecular weight is 154 g/mol. The first-order valence-electron chi connectivity index (χ1n) is 4.54. The molecule has 1 saturated carbocycles. The molecular weight excluding hydrogens is 140 g/mol.